The van der Waals surface area contributed by atoms with Crippen LogP contribution in [0.1, 0.15) is 32.3 Å². The highest BCUT2D eigenvalue weighted by molar-refractivity contribution is 6.30. The van der Waals surface area contributed by atoms with Crippen molar-refractivity contribution in [2.75, 3.05) is 12.3 Å². The Hall–Kier alpha value is -0.730. The quantitative estimate of drug-likeness (QED) is 0.816. The molecule has 2 unspecified atom stereocenters. The Morgan fingerprint density at radius 3 is 2.88 bits per heavy atom. The first-order valence-corrected chi connectivity index (χ1v) is 6.72. The zero-order chi connectivity index (χ0) is 12.4. The molecule has 2 rings (SSSR count). The van der Waals surface area contributed by atoms with Crippen molar-refractivity contribution in [2.45, 2.75) is 39.3 Å². The summed E-state index contributed by atoms with van der Waals surface area (Å²) in [5.41, 5.74) is 7.99. The second-order valence-corrected chi connectivity index (χ2v) is 5.73. The molecule has 1 aliphatic rings. The van der Waals surface area contributed by atoms with Gasteiger partial charge in [0, 0.05) is 23.3 Å². The molecule has 0 bridgehead atoms. The Kier molecular flexibility index (Phi) is 3.95. The molecule has 1 aliphatic heterocycles. The van der Waals surface area contributed by atoms with E-state index in [1.54, 1.807) is 0 Å². The summed E-state index contributed by atoms with van der Waals surface area (Å²) in [5.74, 6) is 0.845. The molecule has 0 aromatic heterocycles. The molecule has 0 spiro atoms. The number of halogens is 1. The maximum Gasteiger partial charge on any atom is 0.0410 e. The van der Waals surface area contributed by atoms with E-state index in [-0.39, 0.29) is 0 Å². The lowest BCUT2D eigenvalue weighted by Gasteiger charge is -2.36. The van der Waals surface area contributed by atoms with E-state index in [0.717, 1.165) is 35.3 Å². The van der Waals surface area contributed by atoms with E-state index < -0.39 is 0 Å². The van der Waals surface area contributed by atoms with Gasteiger partial charge in [-0.25, -0.2) is 0 Å². The molecule has 17 heavy (non-hydrogen) atoms. The Morgan fingerprint density at radius 1 is 1.41 bits per heavy atom. The first-order valence-electron chi connectivity index (χ1n) is 6.34. The molecular formula is C14H21ClN2. The largest absolute Gasteiger partial charge is 0.398 e. The van der Waals surface area contributed by atoms with Gasteiger partial charge in [-0.05, 0) is 56.0 Å². The van der Waals surface area contributed by atoms with Crippen LogP contribution in [-0.2, 0) is 6.54 Å². The SMILES string of the molecule is CC1CCN(Cc2cc(Cl)ccc2N)C(C)C1. The topological polar surface area (TPSA) is 29.3 Å². The fourth-order valence-corrected chi connectivity index (χ4v) is 2.82. The van der Waals surface area contributed by atoms with Crippen molar-refractivity contribution in [3.63, 3.8) is 0 Å². The van der Waals surface area contributed by atoms with E-state index in [1.165, 1.54) is 12.8 Å². The van der Waals surface area contributed by atoms with E-state index in [9.17, 15) is 0 Å². The fraction of sp³-hybridized carbons (Fsp3) is 0.571. The molecule has 1 aromatic carbocycles. The molecule has 0 radical (unpaired) electrons. The minimum Gasteiger partial charge on any atom is -0.398 e. The highest BCUT2D eigenvalue weighted by Gasteiger charge is 2.23. The minimum absolute atomic E-state index is 0.636. The van der Waals surface area contributed by atoms with Crippen LogP contribution in [0, 0.1) is 5.92 Å². The third kappa shape index (κ3) is 3.14. The summed E-state index contributed by atoms with van der Waals surface area (Å²) < 4.78 is 0. The van der Waals surface area contributed by atoms with Crippen LogP contribution >= 0.6 is 11.6 Å². The van der Waals surface area contributed by atoms with Crippen molar-refractivity contribution >= 4 is 17.3 Å². The highest BCUT2D eigenvalue weighted by Crippen LogP contribution is 2.26. The second kappa shape index (κ2) is 5.28. The van der Waals surface area contributed by atoms with Gasteiger partial charge in [0.05, 0.1) is 0 Å². The third-order valence-corrected chi connectivity index (χ3v) is 3.99. The third-order valence-electron chi connectivity index (χ3n) is 3.75. The van der Waals surface area contributed by atoms with Crippen molar-refractivity contribution < 1.29 is 0 Å². The standard InChI is InChI=1S/C14H21ClN2/c1-10-5-6-17(11(2)7-10)9-12-8-13(15)3-4-14(12)16/h3-4,8,10-11H,5-7,9,16H2,1-2H3. The van der Waals surface area contributed by atoms with Crippen LogP contribution in [0.2, 0.25) is 5.02 Å². The number of nitrogens with zero attached hydrogens (tertiary/aromatic N) is 1. The van der Waals surface area contributed by atoms with Crippen molar-refractivity contribution in [1.82, 2.24) is 4.90 Å². The molecular weight excluding hydrogens is 232 g/mol. The van der Waals surface area contributed by atoms with Gasteiger partial charge >= 0.3 is 0 Å². The first kappa shape index (κ1) is 12.7. The normalized spacial score (nSPS) is 26.1. The summed E-state index contributed by atoms with van der Waals surface area (Å²) in [5, 5.41) is 0.771. The summed E-state index contributed by atoms with van der Waals surface area (Å²) in [6.07, 6.45) is 2.56. The Morgan fingerprint density at radius 2 is 2.18 bits per heavy atom. The van der Waals surface area contributed by atoms with Gasteiger partial charge in [0.25, 0.3) is 0 Å². The number of nitrogen functional groups attached to an aromatic ring is 1. The lowest BCUT2D eigenvalue weighted by molar-refractivity contribution is 0.122. The highest BCUT2D eigenvalue weighted by atomic mass is 35.5. The van der Waals surface area contributed by atoms with E-state index in [0.29, 0.717) is 6.04 Å². The molecule has 1 fully saturated rings. The lowest BCUT2D eigenvalue weighted by Crippen LogP contribution is -2.39. The summed E-state index contributed by atoms with van der Waals surface area (Å²) in [6.45, 7) is 6.71. The Bertz CT molecular complexity index is 392. The monoisotopic (exact) mass is 252 g/mol. The van der Waals surface area contributed by atoms with E-state index in [4.69, 9.17) is 17.3 Å². The molecule has 0 saturated carbocycles. The number of benzene rings is 1. The summed E-state index contributed by atoms with van der Waals surface area (Å²) in [4.78, 5) is 2.50. The number of hydrogen-bond donors (Lipinski definition) is 1. The molecule has 2 nitrogen and oxygen atoms in total. The van der Waals surface area contributed by atoms with Crippen LogP contribution in [-0.4, -0.2) is 17.5 Å². The van der Waals surface area contributed by atoms with Gasteiger partial charge in [0.2, 0.25) is 0 Å². The maximum absolute atomic E-state index is 6.02. The van der Waals surface area contributed by atoms with Gasteiger partial charge in [0.1, 0.15) is 0 Å². The Balaban J connectivity index is 2.07. The first-order chi connectivity index (χ1) is 8.06. The van der Waals surface area contributed by atoms with Gasteiger partial charge in [0.15, 0.2) is 0 Å². The number of hydrogen-bond acceptors (Lipinski definition) is 2. The molecule has 0 amide bonds. The smallest absolute Gasteiger partial charge is 0.0410 e. The minimum atomic E-state index is 0.636. The van der Waals surface area contributed by atoms with Gasteiger partial charge in [-0.3, -0.25) is 4.90 Å². The van der Waals surface area contributed by atoms with E-state index in [1.807, 2.05) is 18.2 Å². The van der Waals surface area contributed by atoms with Crippen LogP contribution in [0.4, 0.5) is 5.69 Å². The number of anilines is 1. The van der Waals surface area contributed by atoms with E-state index >= 15 is 0 Å². The predicted molar refractivity (Wildman–Crippen MR) is 74.1 cm³/mol. The summed E-state index contributed by atoms with van der Waals surface area (Å²) in [6, 6.07) is 6.37. The zero-order valence-electron chi connectivity index (χ0n) is 10.6. The number of likely N-dealkylation sites (tertiary alicyclic amines) is 1. The maximum atomic E-state index is 6.02. The van der Waals surface area contributed by atoms with Gasteiger partial charge < -0.3 is 5.73 Å². The molecule has 2 atom stereocenters. The Labute approximate surface area is 109 Å². The lowest BCUT2D eigenvalue weighted by atomic mass is 9.93. The predicted octanol–water partition coefficient (Wildman–Crippen LogP) is 3.54. The van der Waals surface area contributed by atoms with Crippen molar-refractivity contribution in [3.05, 3.63) is 28.8 Å². The van der Waals surface area contributed by atoms with Gasteiger partial charge in [-0.1, -0.05) is 18.5 Å². The number of rotatable bonds is 2. The summed E-state index contributed by atoms with van der Waals surface area (Å²) >= 11 is 6.02. The van der Waals surface area contributed by atoms with Gasteiger partial charge in [-0.2, -0.15) is 0 Å². The van der Waals surface area contributed by atoms with Gasteiger partial charge in [-0.15, -0.1) is 0 Å². The average molecular weight is 253 g/mol. The molecule has 94 valence electrons. The average Bonchev–Trinajstić information content (AvgIpc) is 2.27. The number of piperidine rings is 1. The van der Waals surface area contributed by atoms with Crippen LogP contribution in [0.5, 0.6) is 0 Å². The molecule has 3 heteroatoms. The van der Waals surface area contributed by atoms with Crippen molar-refractivity contribution in [1.29, 1.82) is 0 Å². The molecule has 1 saturated heterocycles. The van der Waals surface area contributed by atoms with Crippen LogP contribution in [0.25, 0.3) is 0 Å². The second-order valence-electron chi connectivity index (χ2n) is 5.29. The van der Waals surface area contributed by atoms with Crippen molar-refractivity contribution in [2.24, 2.45) is 5.92 Å². The molecule has 1 heterocycles. The molecule has 0 aliphatic carbocycles. The molecule has 2 N–H and O–H groups in total. The van der Waals surface area contributed by atoms with E-state index in [2.05, 4.69) is 18.7 Å². The zero-order valence-corrected chi connectivity index (χ0v) is 11.4. The van der Waals surface area contributed by atoms with Crippen molar-refractivity contribution in [3.8, 4) is 0 Å². The fourth-order valence-electron chi connectivity index (χ4n) is 2.62. The number of nitrogens with two attached hydrogens (primary N) is 1. The van der Waals surface area contributed by atoms with Crippen LogP contribution in [0.15, 0.2) is 18.2 Å². The summed E-state index contributed by atoms with van der Waals surface area (Å²) in [7, 11) is 0. The molecule has 1 aromatic rings. The van der Waals surface area contributed by atoms with Crippen LogP contribution < -0.4 is 5.73 Å². The van der Waals surface area contributed by atoms with Crippen LogP contribution in [0.3, 0.4) is 0 Å².